The van der Waals surface area contributed by atoms with Gasteiger partial charge in [-0.05, 0) is 66.2 Å². The number of likely N-dealkylation sites (N-methyl/N-ethyl adjacent to an activating group) is 1. The van der Waals surface area contributed by atoms with Crippen molar-refractivity contribution in [3.8, 4) is 33.9 Å². The Morgan fingerprint density at radius 3 is 1.52 bits per heavy atom. The maximum atomic E-state index is 12.0. The number of pyridine rings is 3. The van der Waals surface area contributed by atoms with Gasteiger partial charge < -0.3 is 14.2 Å². The molecule has 0 aliphatic carbocycles. The Kier molecular flexibility index (Phi) is 12.5. The quantitative estimate of drug-likeness (QED) is 0.134. The van der Waals surface area contributed by atoms with Crippen LogP contribution in [0.15, 0.2) is 77.3 Å². The molecule has 46 heavy (non-hydrogen) atoms. The van der Waals surface area contributed by atoms with Crippen LogP contribution in [0.25, 0.3) is 33.9 Å². The maximum Gasteiger partial charge on any atom is 0.319 e. The predicted molar refractivity (Wildman–Crippen MR) is 176 cm³/mol. The lowest BCUT2D eigenvalue weighted by Gasteiger charge is -2.19. The number of carbonyl (C=O) groups excluding carboxylic acids is 3. The molecular weight excluding hydrogens is 654 g/mol. The summed E-state index contributed by atoms with van der Waals surface area (Å²) < 4.78 is 15.4. The van der Waals surface area contributed by atoms with Gasteiger partial charge in [-0.1, -0.05) is 47.1 Å². The fraction of sp³-hybridized carbons (Fsp3) is 0.294. The van der Waals surface area contributed by atoms with Crippen LogP contribution in [-0.4, -0.2) is 90.2 Å². The first-order valence-electron chi connectivity index (χ1n) is 14.6. The van der Waals surface area contributed by atoms with Crippen molar-refractivity contribution in [2.75, 3.05) is 47.5 Å². The Morgan fingerprint density at radius 1 is 0.609 bits per heavy atom. The van der Waals surface area contributed by atoms with Crippen LogP contribution in [0.2, 0.25) is 0 Å². The molecule has 0 unspecified atom stereocenters. The molecule has 0 N–H and O–H groups in total. The molecule has 0 aliphatic heterocycles. The molecule has 4 aromatic rings. The molecule has 0 radical (unpaired) electrons. The van der Waals surface area contributed by atoms with Gasteiger partial charge in [0.2, 0.25) is 0 Å². The lowest BCUT2D eigenvalue weighted by molar-refractivity contribution is -0.146. The van der Waals surface area contributed by atoms with E-state index in [0.29, 0.717) is 41.6 Å². The minimum Gasteiger partial charge on any atom is -0.468 e. The number of methoxy groups -OCH3 is 3. The second-order valence-corrected chi connectivity index (χ2v) is 11.3. The Labute approximate surface area is 276 Å². The number of esters is 3. The van der Waals surface area contributed by atoms with E-state index in [-0.39, 0.29) is 32.1 Å². The number of ether oxygens (including phenoxy) is 3. The summed E-state index contributed by atoms with van der Waals surface area (Å²) in [5.74, 6) is -1.26. The van der Waals surface area contributed by atoms with Gasteiger partial charge in [-0.25, -0.2) is 15.0 Å². The fourth-order valence-corrected chi connectivity index (χ4v) is 4.93. The molecule has 0 atom stereocenters. The first-order valence-corrected chi connectivity index (χ1v) is 15.4. The van der Waals surface area contributed by atoms with Crippen LogP contribution in [-0.2, 0) is 41.7 Å². The molecule has 3 aromatic heterocycles. The van der Waals surface area contributed by atoms with E-state index in [4.69, 9.17) is 29.2 Å². The van der Waals surface area contributed by atoms with Crippen LogP contribution < -0.4 is 0 Å². The maximum absolute atomic E-state index is 12.0. The third-order valence-electron chi connectivity index (χ3n) is 7.10. The van der Waals surface area contributed by atoms with Gasteiger partial charge in [-0.3, -0.25) is 24.2 Å². The van der Waals surface area contributed by atoms with Crippen molar-refractivity contribution in [1.82, 2.24) is 24.8 Å². The SMILES string of the molecule is CCN(CC(=O)OC)Cc1cccc(-c2cc(-c3ccc(Br)cc3)cc(-c3cccc(CN(CC(=O)OC)CC(=O)OC)n3)n2)n1. The zero-order valence-corrected chi connectivity index (χ0v) is 27.8. The summed E-state index contributed by atoms with van der Waals surface area (Å²) in [6, 6.07) is 23.2. The molecule has 1 aromatic carbocycles. The van der Waals surface area contributed by atoms with Gasteiger partial charge in [0.05, 0.1) is 75.1 Å². The summed E-state index contributed by atoms with van der Waals surface area (Å²) in [6.45, 7) is 3.27. The molecule has 0 saturated heterocycles. The van der Waals surface area contributed by atoms with Crippen LogP contribution in [0.5, 0.6) is 0 Å². The first-order chi connectivity index (χ1) is 22.2. The van der Waals surface area contributed by atoms with Crippen molar-refractivity contribution in [3.05, 3.63) is 88.7 Å². The van der Waals surface area contributed by atoms with Gasteiger partial charge in [0.15, 0.2) is 0 Å². The number of hydrogen-bond acceptors (Lipinski definition) is 11. The zero-order valence-electron chi connectivity index (χ0n) is 26.2. The van der Waals surface area contributed by atoms with E-state index in [1.54, 1.807) is 4.90 Å². The zero-order chi connectivity index (χ0) is 33.1. The third-order valence-corrected chi connectivity index (χ3v) is 7.63. The summed E-state index contributed by atoms with van der Waals surface area (Å²) in [5, 5.41) is 0. The lowest BCUT2D eigenvalue weighted by atomic mass is 10.0. The van der Waals surface area contributed by atoms with Crippen molar-refractivity contribution in [2.24, 2.45) is 0 Å². The monoisotopic (exact) mass is 689 g/mol. The van der Waals surface area contributed by atoms with Crippen LogP contribution in [0.1, 0.15) is 18.3 Å². The second kappa shape index (κ2) is 16.7. The van der Waals surface area contributed by atoms with Gasteiger partial charge in [-0.2, -0.15) is 0 Å². The van der Waals surface area contributed by atoms with Crippen LogP contribution >= 0.6 is 15.9 Å². The number of carbonyl (C=O) groups is 3. The minimum absolute atomic E-state index is 0.101. The Bertz CT molecular complexity index is 1650. The van der Waals surface area contributed by atoms with E-state index in [2.05, 4.69) is 15.9 Å². The molecular formula is C34H36BrN5O6. The number of benzene rings is 1. The summed E-state index contributed by atoms with van der Waals surface area (Å²) in [7, 11) is 3.97. The molecule has 0 aliphatic rings. The van der Waals surface area contributed by atoms with Crippen LogP contribution in [0.4, 0.5) is 0 Å². The molecule has 0 bridgehead atoms. The molecule has 0 amide bonds. The first kappa shape index (κ1) is 34.4. The van der Waals surface area contributed by atoms with Gasteiger partial charge in [0.25, 0.3) is 0 Å². The van der Waals surface area contributed by atoms with E-state index < -0.39 is 11.9 Å². The van der Waals surface area contributed by atoms with E-state index in [0.717, 1.165) is 21.3 Å². The highest BCUT2D eigenvalue weighted by Crippen LogP contribution is 2.30. The van der Waals surface area contributed by atoms with Crippen molar-refractivity contribution in [3.63, 3.8) is 0 Å². The normalized spacial score (nSPS) is 11.0. The molecule has 0 spiro atoms. The van der Waals surface area contributed by atoms with Gasteiger partial charge in [0.1, 0.15) is 0 Å². The van der Waals surface area contributed by atoms with Gasteiger partial charge in [0, 0.05) is 17.6 Å². The summed E-state index contributed by atoms with van der Waals surface area (Å²) in [4.78, 5) is 54.2. The highest BCUT2D eigenvalue weighted by molar-refractivity contribution is 9.10. The molecule has 11 nitrogen and oxygen atoms in total. The molecule has 0 fully saturated rings. The number of rotatable bonds is 14. The van der Waals surface area contributed by atoms with E-state index in [1.807, 2.05) is 84.6 Å². The topological polar surface area (TPSA) is 124 Å². The van der Waals surface area contributed by atoms with Crippen molar-refractivity contribution < 1.29 is 28.6 Å². The fourth-order valence-electron chi connectivity index (χ4n) is 4.67. The summed E-state index contributed by atoms with van der Waals surface area (Å²) in [5.41, 5.74) is 5.88. The molecule has 12 heteroatoms. The third kappa shape index (κ3) is 9.74. The van der Waals surface area contributed by atoms with Gasteiger partial charge >= 0.3 is 17.9 Å². The summed E-state index contributed by atoms with van der Waals surface area (Å²) in [6.07, 6.45) is 0. The standard InChI is InChI=1S/C34H36BrN5O6/c1-5-39(20-32(41)44-2)18-26-8-6-10-28(36-26)30-16-24(23-12-14-25(35)15-13-23)17-31(38-30)29-11-7-9-27(37-29)19-40(21-33(42)45-3)22-34(43)46-4/h6-17H,5,18-22H2,1-4H3. The Morgan fingerprint density at radius 2 is 1.07 bits per heavy atom. The molecule has 4 rings (SSSR count). The summed E-state index contributed by atoms with van der Waals surface area (Å²) >= 11 is 3.51. The number of nitrogens with zero attached hydrogens (tertiary/aromatic N) is 5. The van der Waals surface area contributed by atoms with Crippen LogP contribution in [0.3, 0.4) is 0 Å². The average molecular weight is 691 g/mol. The van der Waals surface area contributed by atoms with E-state index in [1.165, 1.54) is 21.3 Å². The largest absolute Gasteiger partial charge is 0.468 e. The molecule has 3 heterocycles. The predicted octanol–water partition coefficient (Wildman–Crippen LogP) is 4.78. The number of aromatic nitrogens is 3. The molecule has 240 valence electrons. The van der Waals surface area contributed by atoms with E-state index in [9.17, 15) is 14.4 Å². The Balaban J connectivity index is 1.72. The smallest absolute Gasteiger partial charge is 0.319 e. The number of halogens is 1. The lowest BCUT2D eigenvalue weighted by Crippen LogP contribution is -2.35. The van der Waals surface area contributed by atoms with Crippen molar-refractivity contribution in [1.29, 1.82) is 0 Å². The average Bonchev–Trinajstić information content (AvgIpc) is 3.08. The highest BCUT2D eigenvalue weighted by Gasteiger charge is 2.18. The highest BCUT2D eigenvalue weighted by atomic mass is 79.9. The molecule has 0 saturated carbocycles. The van der Waals surface area contributed by atoms with Crippen molar-refractivity contribution in [2.45, 2.75) is 20.0 Å². The van der Waals surface area contributed by atoms with Crippen molar-refractivity contribution >= 4 is 33.8 Å². The van der Waals surface area contributed by atoms with E-state index >= 15 is 0 Å². The second-order valence-electron chi connectivity index (χ2n) is 10.3. The number of hydrogen-bond donors (Lipinski definition) is 0. The van der Waals surface area contributed by atoms with Crippen LogP contribution in [0, 0.1) is 0 Å². The Hall–Kier alpha value is -4.52. The minimum atomic E-state index is -0.476. The van der Waals surface area contributed by atoms with Gasteiger partial charge in [-0.15, -0.1) is 0 Å².